The smallest absolute Gasteiger partial charge is 0.416 e. The molecule has 2 aromatic rings. The molecule has 1 aliphatic heterocycles. The molecule has 0 saturated carbocycles. The molecule has 150 valence electrons. The topological polar surface area (TPSA) is 32.8 Å². The monoisotopic (exact) mass is 392 g/mol. The Morgan fingerprint density at radius 3 is 2.29 bits per heavy atom. The minimum atomic E-state index is -4.36. The van der Waals surface area contributed by atoms with E-state index < -0.39 is 17.8 Å². The number of nitrogens with zero attached hydrogens (tertiary/aromatic N) is 2. The van der Waals surface area contributed by atoms with Gasteiger partial charge in [-0.15, -0.1) is 0 Å². The predicted octanol–water partition coefficient (Wildman–Crippen LogP) is 4.13. The van der Waals surface area contributed by atoms with Gasteiger partial charge in [-0.2, -0.15) is 13.2 Å². The van der Waals surface area contributed by atoms with E-state index >= 15 is 0 Å². The minimum absolute atomic E-state index is 0.121. The number of hydrogen-bond acceptors (Lipinski definition) is 3. The van der Waals surface area contributed by atoms with Crippen LogP contribution in [0.2, 0.25) is 0 Å². The summed E-state index contributed by atoms with van der Waals surface area (Å²) >= 11 is 0. The highest BCUT2D eigenvalue weighted by Gasteiger charge is 2.31. The molecule has 7 heteroatoms. The zero-order chi connectivity index (χ0) is 20.3. The molecule has 0 N–H and O–H groups in total. The summed E-state index contributed by atoms with van der Waals surface area (Å²) in [5, 5.41) is 0. The van der Waals surface area contributed by atoms with Crippen LogP contribution < -0.4 is 9.64 Å². The van der Waals surface area contributed by atoms with Crippen molar-refractivity contribution in [3.8, 4) is 5.75 Å². The van der Waals surface area contributed by atoms with Crippen LogP contribution in [0.4, 0.5) is 18.9 Å². The summed E-state index contributed by atoms with van der Waals surface area (Å²) in [6, 6.07) is 12.8. The van der Waals surface area contributed by atoms with E-state index in [2.05, 4.69) is 0 Å². The summed E-state index contributed by atoms with van der Waals surface area (Å²) in [4.78, 5) is 16.2. The van der Waals surface area contributed by atoms with Gasteiger partial charge in [0.05, 0.1) is 5.56 Å². The molecule has 0 bridgehead atoms. The van der Waals surface area contributed by atoms with Crippen LogP contribution in [0.5, 0.6) is 5.75 Å². The van der Waals surface area contributed by atoms with Crippen LogP contribution in [0.3, 0.4) is 0 Å². The number of ether oxygens (including phenoxy) is 1. The largest absolute Gasteiger partial charge is 0.481 e. The Morgan fingerprint density at radius 2 is 1.68 bits per heavy atom. The van der Waals surface area contributed by atoms with Gasteiger partial charge in [-0.25, -0.2) is 0 Å². The first-order valence-corrected chi connectivity index (χ1v) is 9.18. The van der Waals surface area contributed by atoms with Crippen molar-refractivity contribution in [3.63, 3.8) is 0 Å². The molecule has 1 amide bonds. The van der Waals surface area contributed by atoms with Crippen molar-refractivity contribution in [1.82, 2.24) is 4.90 Å². The van der Waals surface area contributed by atoms with E-state index in [4.69, 9.17) is 4.74 Å². The Morgan fingerprint density at radius 1 is 1.04 bits per heavy atom. The van der Waals surface area contributed by atoms with Gasteiger partial charge in [0.2, 0.25) is 0 Å². The SMILES string of the molecule is Cc1ccc(O[C@H](C)C(=O)N2CCN(c3cccc(C(F)(F)F)c3)CC2)cc1. The predicted molar refractivity (Wildman–Crippen MR) is 102 cm³/mol. The first-order valence-electron chi connectivity index (χ1n) is 9.18. The van der Waals surface area contributed by atoms with Crippen molar-refractivity contribution in [2.24, 2.45) is 0 Å². The van der Waals surface area contributed by atoms with Crippen LogP contribution in [0.1, 0.15) is 18.1 Å². The van der Waals surface area contributed by atoms with Crippen molar-refractivity contribution in [2.45, 2.75) is 26.1 Å². The van der Waals surface area contributed by atoms with Gasteiger partial charge in [0.15, 0.2) is 6.10 Å². The lowest BCUT2D eigenvalue weighted by molar-refractivity contribution is -0.138. The molecule has 4 nitrogen and oxygen atoms in total. The van der Waals surface area contributed by atoms with E-state index in [0.717, 1.165) is 17.7 Å². The fraction of sp³-hybridized carbons (Fsp3) is 0.381. The van der Waals surface area contributed by atoms with Crippen LogP contribution in [0.25, 0.3) is 0 Å². The van der Waals surface area contributed by atoms with Crippen molar-refractivity contribution in [3.05, 3.63) is 59.7 Å². The summed E-state index contributed by atoms with van der Waals surface area (Å²) in [6.45, 7) is 5.52. The lowest BCUT2D eigenvalue weighted by Crippen LogP contribution is -2.52. The van der Waals surface area contributed by atoms with E-state index in [0.29, 0.717) is 37.6 Å². The Bertz CT molecular complexity index is 813. The van der Waals surface area contributed by atoms with E-state index in [9.17, 15) is 18.0 Å². The molecule has 1 saturated heterocycles. The molecule has 0 unspecified atom stereocenters. The van der Waals surface area contributed by atoms with Gasteiger partial charge in [0, 0.05) is 31.9 Å². The molecular formula is C21H23F3N2O2. The highest BCUT2D eigenvalue weighted by Crippen LogP contribution is 2.31. The van der Waals surface area contributed by atoms with Gasteiger partial charge in [-0.05, 0) is 44.2 Å². The molecule has 2 aromatic carbocycles. The first-order chi connectivity index (χ1) is 13.2. The number of carbonyl (C=O) groups excluding carboxylic acids is 1. The fourth-order valence-corrected chi connectivity index (χ4v) is 3.19. The summed E-state index contributed by atoms with van der Waals surface area (Å²) in [7, 11) is 0. The number of halogens is 3. The average molecular weight is 392 g/mol. The van der Waals surface area contributed by atoms with Crippen LogP contribution in [0, 0.1) is 6.92 Å². The Hall–Kier alpha value is -2.70. The van der Waals surface area contributed by atoms with E-state index in [1.54, 1.807) is 17.9 Å². The Balaban J connectivity index is 1.57. The third kappa shape index (κ3) is 4.77. The van der Waals surface area contributed by atoms with Gasteiger partial charge < -0.3 is 14.5 Å². The second-order valence-electron chi connectivity index (χ2n) is 6.93. The van der Waals surface area contributed by atoms with E-state index in [1.807, 2.05) is 36.1 Å². The third-order valence-electron chi connectivity index (χ3n) is 4.81. The van der Waals surface area contributed by atoms with Gasteiger partial charge in [0.1, 0.15) is 5.75 Å². The highest BCUT2D eigenvalue weighted by molar-refractivity contribution is 5.81. The van der Waals surface area contributed by atoms with E-state index in [1.165, 1.54) is 6.07 Å². The van der Waals surface area contributed by atoms with Gasteiger partial charge in [-0.1, -0.05) is 23.8 Å². The molecular weight excluding hydrogens is 369 g/mol. The maximum atomic E-state index is 12.9. The van der Waals surface area contributed by atoms with E-state index in [-0.39, 0.29) is 5.91 Å². The van der Waals surface area contributed by atoms with Crippen molar-refractivity contribution in [1.29, 1.82) is 0 Å². The number of alkyl halides is 3. The molecule has 0 radical (unpaired) electrons. The molecule has 0 spiro atoms. The van der Waals surface area contributed by atoms with Gasteiger partial charge >= 0.3 is 6.18 Å². The quantitative estimate of drug-likeness (QED) is 0.784. The molecule has 0 aromatic heterocycles. The van der Waals surface area contributed by atoms with Gasteiger partial charge in [-0.3, -0.25) is 4.79 Å². The number of anilines is 1. The maximum Gasteiger partial charge on any atom is 0.416 e. The second-order valence-corrected chi connectivity index (χ2v) is 6.93. The fourth-order valence-electron chi connectivity index (χ4n) is 3.19. The molecule has 1 heterocycles. The molecule has 1 aliphatic rings. The number of benzene rings is 2. The number of hydrogen-bond donors (Lipinski definition) is 0. The van der Waals surface area contributed by atoms with Gasteiger partial charge in [0.25, 0.3) is 5.91 Å². The molecule has 1 fully saturated rings. The average Bonchev–Trinajstić information content (AvgIpc) is 2.69. The van der Waals surface area contributed by atoms with Crippen molar-refractivity contribution >= 4 is 11.6 Å². The van der Waals surface area contributed by atoms with Crippen LogP contribution in [0.15, 0.2) is 48.5 Å². The van der Waals surface area contributed by atoms with Crippen molar-refractivity contribution < 1.29 is 22.7 Å². The second kappa shape index (κ2) is 8.12. The minimum Gasteiger partial charge on any atom is -0.481 e. The van der Waals surface area contributed by atoms with Crippen molar-refractivity contribution in [2.75, 3.05) is 31.1 Å². The molecule has 28 heavy (non-hydrogen) atoms. The third-order valence-corrected chi connectivity index (χ3v) is 4.81. The summed E-state index contributed by atoms with van der Waals surface area (Å²) in [5.74, 6) is 0.512. The number of carbonyl (C=O) groups is 1. The van der Waals surface area contributed by atoms with Crippen LogP contribution in [-0.2, 0) is 11.0 Å². The molecule has 3 rings (SSSR count). The van der Waals surface area contributed by atoms with Crippen LogP contribution >= 0.6 is 0 Å². The Labute approximate surface area is 162 Å². The lowest BCUT2D eigenvalue weighted by Gasteiger charge is -2.37. The first kappa shape index (κ1) is 20.0. The Kier molecular flexibility index (Phi) is 5.82. The molecule has 0 aliphatic carbocycles. The normalized spacial score (nSPS) is 16.0. The molecule has 1 atom stereocenters. The summed E-state index contributed by atoms with van der Waals surface area (Å²) < 4.78 is 44.4. The zero-order valence-electron chi connectivity index (χ0n) is 15.9. The highest BCUT2D eigenvalue weighted by atomic mass is 19.4. The summed E-state index contributed by atoms with van der Waals surface area (Å²) in [5.41, 5.74) is 0.964. The lowest BCUT2D eigenvalue weighted by atomic mass is 10.1. The summed E-state index contributed by atoms with van der Waals surface area (Å²) in [6.07, 6.45) is -4.99. The number of amides is 1. The van der Waals surface area contributed by atoms with Crippen LogP contribution in [-0.4, -0.2) is 43.1 Å². The zero-order valence-corrected chi connectivity index (χ0v) is 15.9. The number of piperazine rings is 1. The standard InChI is InChI=1S/C21H23F3N2O2/c1-15-6-8-19(9-7-15)28-16(2)20(27)26-12-10-25(11-13-26)18-5-3-4-17(14-18)21(22,23)24/h3-9,14,16H,10-13H2,1-2H3/t16-/m1/s1. The number of aryl methyl sites for hydroxylation is 1. The number of rotatable bonds is 4. The maximum absolute atomic E-state index is 12.9.